The number of hydrogen-bond donors (Lipinski definition) is 1. The molecule has 1 aliphatic heterocycles. The minimum Gasteiger partial charge on any atom is -0.367 e. The highest BCUT2D eigenvalue weighted by Crippen LogP contribution is 2.38. The largest absolute Gasteiger partial charge is 0.367 e. The Morgan fingerprint density at radius 1 is 1.08 bits per heavy atom. The molecule has 1 amide bonds. The molecule has 6 rings (SSSR count). The van der Waals surface area contributed by atoms with Gasteiger partial charge >= 0.3 is 0 Å². The third-order valence-electron chi connectivity index (χ3n) is 7.34. The Morgan fingerprint density at radius 3 is 2.64 bits per heavy atom. The van der Waals surface area contributed by atoms with Crippen LogP contribution in [0.2, 0.25) is 0 Å². The van der Waals surface area contributed by atoms with E-state index in [1.54, 1.807) is 30.6 Å². The number of benzene rings is 2. The molecule has 2 aliphatic rings. The van der Waals surface area contributed by atoms with Crippen LogP contribution in [0.25, 0.3) is 21.8 Å². The smallest absolute Gasteiger partial charge is 0.261 e. The lowest BCUT2D eigenvalue weighted by Crippen LogP contribution is -2.46. The highest BCUT2D eigenvalue weighted by atomic mass is 19.1. The van der Waals surface area contributed by atoms with Gasteiger partial charge < -0.3 is 19.7 Å². The van der Waals surface area contributed by atoms with Crippen molar-refractivity contribution in [2.75, 3.05) is 42.9 Å². The number of halogens is 1. The second kappa shape index (κ2) is 9.02. The molecule has 0 bridgehead atoms. The van der Waals surface area contributed by atoms with E-state index in [1.165, 1.54) is 6.07 Å². The van der Waals surface area contributed by atoms with Crippen LogP contribution >= 0.6 is 0 Å². The summed E-state index contributed by atoms with van der Waals surface area (Å²) in [5.41, 5.74) is 2.09. The van der Waals surface area contributed by atoms with Crippen LogP contribution in [0.5, 0.6) is 0 Å². The number of aromatic nitrogens is 2. The van der Waals surface area contributed by atoms with Crippen LogP contribution in [0.1, 0.15) is 36.2 Å². The van der Waals surface area contributed by atoms with E-state index in [2.05, 4.69) is 27.0 Å². The molecule has 0 atom stereocenters. The quantitative estimate of drug-likeness (QED) is 0.453. The molecule has 184 valence electrons. The first-order valence-electron chi connectivity index (χ1n) is 12.5. The Kier molecular flexibility index (Phi) is 5.68. The summed E-state index contributed by atoms with van der Waals surface area (Å²) in [6, 6.07) is 12.5. The molecule has 4 aromatic rings. The van der Waals surface area contributed by atoms with Gasteiger partial charge in [-0.1, -0.05) is 13.0 Å². The molecule has 1 N–H and O–H groups in total. The zero-order chi connectivity index (χ0) is 24.8. The Morgan fingerprint density at radius 2 is 1.89 bits per heavy atom. The maximum atomic E-state index is 15.4. The minimum atomic E-state index is -0.507. The van der Waals surface area contributed by atoms with Crippen LogP contribution in [0, 0.1) is 5.82 Å². The molecule has 2 aromatic heterocycles. The first kappa shape index (κ1) is 22.7. The number of fused-ring (bicyclic) bond motifs is 2. The molecular weight excluding hydrogens is 457 g/mol. The van der Waals surface area contributed by atoms with Crippen molar-refractivity contribution >= 4 is 39.1 Å². The molecule has 1 saturated carbocycles. The van der Waals surface area contributed by atoms with Crippen molar-refractivity contribution in [1.82, 2.24) is 14.5 Å². The van der Waals surface area contributed by atoms with Crippen molar-refractivity contribution in [3.63, 3.8) is 0 Å². The summed E-state index contributed by atoms with van der Waals surface area (Å²) in [5.74, 6) is -0.933. The lowest BCUT2D eigenvalue weighted by Gasteiger charge is -2.35. The zero-order valence-corrected chi connectivity index (χ0v) is 20.2. The summed E-state index contributed by atoms with van der Waals surface area (Å²) >= 11 is 0. The van der Waals surface area contributed by atoms with Crippen LogP contribution < -0.4 is 15.6 Å². The molecule has 0 unspecified atom stereocenters. The molecule has 2 fully saturated rings. The van der Waals surface area contributed by atoms with E-state index in [4.69, 9.17) is 0 Å². The maximum absolute atomic E-state index is 15.4. The highest BCUT2D eigenvalue weighted by molar-refractivity contribution is 6.09. The summed E-state index contributed by atoms with van der Waals surface area (Å²) in [4.78, 5) is 35.5. The zero-order valence-electron chi connectivity index (χ0n) is 20.2. The minimum absolute atomic E-state index is 0.0130. The average molecular weight is 486 g/mol. The fourth-order valence-corrected chi connectivity index (χ4v) is 5.12. The van der Waals surface area contributed by atoms with E-state index in [9.17, 15) is 9.59 Å². The van der Waals surface area contributed by atoms with Gasteiger partial charge in [0.2, 0.25) is 5.43 Å². The number of pyridine rings is 2. The van der Waals surface area contributed by atoms with Gasteiger partial charge in [0, 0.05) is 55.4 Å². The molecule has 8 heteroatoms. The van der Waals surface area contributed by atoms with Crippen LogP contribution in [0.4, 0.5) is 15.8 Å². The normalized spacial score (nSPS) is 16.6. The van der Waals surface area contributed by atoms with Crippen molar-refractivity contribution in [3.05, 3.63) is 76.5 Å². The van der Waals surface area contributed by atoms with E-state index in [0.717, 1.165) is 56.5 Å². The summed E-state index contributed by atoms with van der Waals surface area (Å²) in [5, 5.41) is 3.91. The number of nitrogens with one attached hydrogen (secondary N) is 1. The molecule has 0 spiro atoms. The number of hydrogen-bond acceptors (Lipinski definition) is 5. The van der Waals surface area contributed by atoms with Gasteiger partial charge in [-0.05, 0) is 55.8 Å². The van der Waals surface area contributed by atoms with Crippen molar-refractivity contribution in [3.8, 4) is 0 Å². The Labute approximate surface area is 208 Å². The first-order chi connectivity index (χ1) is 17.5. The number of nitrogens with zero attached hydrogens (tertiary/aromatic N) is 4. The first-order valence-corrected chi connectivity index (χ1v) is 12.5. The van der Waals surface area contributed by atoms with E-state index in [-0.39, 0.29) is 17.0 Å². The molecule has 2 aromatic carbocycles. The van der Waals surface area contributed by atoms with Gasteiger partial charge in [-0.15, -0.1) is 0 Å². The van der Waals surface area contributed by atoms with Crippen molar-refractivity contribution in [1.29, 1.82) is 0 Å². The molecule has 1 aliphatic carbocycles. The Balaban J connectivity index is 1.40. The van der Waals surface area contributed by atoms with Gasteiger partial charge in [0.25, 0.3) is 5.91 Å². The summed E-state index contributed by atoms with van der Waals surface area (Å²) in [7, 11) is 0. The predicted octanol–water partition coefficient (Wildman–Crippen LogP) is 4.42. The van der Waals surface area contributed by atoms with Gasteiger partial charge in [0.1, 0.15) is 11.4 Å². The van der Waals surface area contributed by atoms with E-state index >= 15 is 4.39 Å². The topological polar surface area (TPSA) is 70.5 Å². The number of likely N-dealkylation sites (N-methyl/N-ethyl adjacent to an activating group) is 1. The van der Waals surface area contributed by atoms with Gasteiger partial charge in [0.15, 0.2) is 0 Å². The molecule has 1 saturated heterocycles. The molecule has 36 heavy (non-hydrogen) atoms. The molecule has 3 heterocycles. The lowest BCUT2D eigenvalue weighted by atomic mass is 10.1. The number of carbonyl (C=O) groups is 1. The van der Waals surface area contributed by atoms with E-state index in [0.29, 0.717) is 16.9 Å². The highest BCUT2D eigenvalue weighted by Gasteiger charge is 2.28. The Hall–Kier alpha value is -3.78. The lowest BCUT2D eigenvalue weighted by molar-refractivity contribution is 0.102. The van der Waals surface area contributed by atoms with E-state index in [1.807, 2.05) is 22.8 Å². The second-order valence-corrected chi connectivity index (χ2v) is 9.58. The van der Waals surface area contributed by atoms with Gasteiger partial charge in [-0.2, -0.15) is 0 Å². The fraction of sp³-hybridized carbons (Fsp3) is 0.321. The molecular formula is C28H28FN5O2. The second-order valence-electron chi connectivity index (χ2n) is 9.58. The number of amides is 1. The summed E-state index contributed by atoms with van der Waals surface area (Å²) in [6.45, 7) is 6.36. The van der Waals surface area contributed by atoms with Gasteiger partial charge in [-0.3, -0.25) is 14.6 Å². The van der Waals surface area contributed by atoms with Crippen LogP contribution in [0.15, 0.2) is 59.7 Å². The molecule has 7 nitrogen and oxygen atoms in total. The number of rotatable bonds is 5. The van der Waals surface area contributed by atoms with Crippen LogP contribution in [-0.4, -0.2) is 53.1 Å². The van der Waals surface area contributed by atoms with Crippen LogP contribution in [-0.2, 0) is 0 Å². The summed E-state index contributed by atoms with van der Waals surface area (Å²) < 4.78 is 17.3. The number of anilines is 2. The number of carbonyl (C=O) groups excluding carboxylic acids is 1. The van der Waals surface area contributed by atoms with Crippen molar-refractivity contribution in [2.24, 2.45) is 0 Å². The Bertz CT molecular complexity index is 1530. The summed E-state index contributed by atoms with van der Waals surface area (Å²) in [6.07, 6.45) is 5.28. The van der Waals surface area contributed by atoms with Gasteiger partial charge in [0.05, 0.1) is 22.4 Å². The van der Waals surface area contributed by atoms with Gasteiger partial charge in [-0.25, -0.2) is 4.39 Å². The number of piperazine rings is 1. The van der Waals surface area contributed by atoms with Crippen LogP contribution in [0.3, 0.4) is 0 Å². The third kappa shape index (κ3) is 4.01. The predicted molar refractivity (Wildman–Crippen MR) is 140 cm³/mol. The maximum Gasteiger partial charge on any atom is 0.261 e. The van der Waals surface area contributed by atoms with Crippen molar-refractivity contribution in [2.45, 2.75) is 25.8 Å². The molecule has 0 radical (unpaired) electrons. The SMILES string of the molecule is CCN1CCN(c2cc3c(cc2F)c(=O)c(C(=O)Nc2cccc4ncccc24)cn3C2CC2)CC1. The average Bonchev–Trinajstić information content (AvgIpc) is 3.75. The van der Waals surface area contributed by atoms with Crippen molar-refractivity contribution < 1.29 is 9.18 Å². The monoisotopic (exact) mass is 485 g/mol. The third-order valence-corrected chi connectivity index (χ3v) is 7.34. The van der Waals surface area contributed by atoms with E-state index < -0.39 is 17.2 Å². The fourth-order valence-electron chi connectivity index (χ4n) is 5.12. The standard InChI is InChI=1S/C28H28FN5O2/c1-2-32-11-13-33(14-12-32)26-16-25-20(15-22(26)29)27(35)21(17-34(25)18-8-9-18)28(36)31-24-7-3-6-23-19(24)5-4-10-30-23/h3-7,10,15-18H,2,8-9,11-14H2,1H3,(H,31,36).